The Balaban J connectivity index is 1.43. The summed E-state index contributed by atoms with van der Waals surface area (Å²) in [6.45, 7) is 0.699. The van der Waals surface area contributed by atoms with Crippen molar-refractivity contribution in [2.75, 3.05) is 0 Å². The van der Waals surface area contributed by atoms with Crippen molar-refractivity contribution >= 4 is 10.9 Å². The number of benzene rings is 3. The third-order valence-electron chi connectivity index (χ3n) is 4.48. The van der Waals surface area contributed by atoms with Gasteiger partial charge in [-0.3, -0.25) is 0 Å². The van der Waals surface area contributed by atoms with Crippen molar-refractivity contribution in [2.24, 2.45) is 0 Å². The van der Waals surface area contributed by atoms with E-state index in [9.17, 15) is 5.11 Å². The van der Waals surface area contributed by atoms with Crippen molar-refractivity contribution in [3.8, 4) is 11.5 Å². The normalized spacial score (nSPS) is 10.8. The lowest BCUT2D eigenvalue weighted by molar-refractivity contribution is 0.255. The summed E-state index contributed by atoms with van der Waals surface area (Å²) >= 11 is 0. The molecule has 0 atom stereocenters. The molecule has 4 heteroatoms. The maximum Gasteiger partial charge on any atom is 0.130 e. The second-order valence-corrected chi connectivity index (χ2v) is 6.49. The first-order valence-electron chi connectivity index (χ1n) is 9.20. The van der Waals surface area contributed by atoms with Gasteiger partial charge in [-0.2, -0.15) is 0 Å². The Labute approximate surface area is 164 Å². The number of rotatable bonds is 7. The lowest BCUT2D eigenvalue weighted by atomic mass is 10.2. The number of ether oxygens (including phenoxy) is 2. The first-order chi connectivity index (χ1) is 13.8. The molecule has 1 N–H and O–H groups in total. The van der Waals surface area contributed by atoms with Gasteiger partial charge in [-0.15, -0.1) is 0 Å². The predicted molar refractivity (Wildman–Crippen MR) is 109 cm³/mol. The highest BCUT2D eigenvalue weighted by atomic mass is 16.5. The van der Waals surface area contributed by atoms with Gasteiger partial charge in [0.1, 0.15) is 24.7 Å². The van der Waals surface area contributed by atoms with Crippen molar-refractivity contribution in [1.82, 2.24) is 4.98 Å². The van der Waals surface area contributed by atoms with E-state index in [1.54, 1.807) is 6.07 Å². The minimum absolute atomic E-state index is 0.116. The van der Waals surface area contributed by atoms with Crippen LogP contribution in [0, 0.1) is 0 Å². The fraction of sp³-hybridized carbons (Fsp3) is 0.125. The Morgan fingerprint density at radius 3 is 2.43 bits per heavy atom. The van der Waals surface area contributed by atoms with E-state index >= 15 is 0 Å². The van der Waals surface area contributed by atoms with Crippen LogP contribution in [0.25, 0.3) is 10.9 Å². The zero-order chi connectivity index (χ0) is 19.2. The van der Waals surface area contributed by atoms with Crippen LogP contribution in [0.5, 0.6) is 11.5 Å². The molecule has 0 spiro atoms. The first kappa shape index (κ1) is 18.0. The highest BCUT2D eigenvalue weighted by molar-refractivity contribution is 5.78. The average molecular weight is 371 g/mol. The molecule has 0 radical (unpaired) electrons. The van der Waals surface area contributed by atoms with Crippen LogP contribution in [-0.4, -0.2) is 10.1 Å². The molecule has 3 aromatic carbocycles. The molecule has 0 amide bonds. The highest BCUT2D eigenvalue weighted by Gasteiger charge is 2.07. The predicted octanol–water partition coefficient (Wildman–Crippen LogP) is 4.89. The van der Waals surface area contributed by atoms with E-state index in [1.165, 1.54) is 0 Å². The summed E-state index contributed by atoms with van der Waals surface area (Å²) in [6.07, 6.45) is 0. The number of aliphatic hydroxyl groups is 1. The zero-order valence-corrected chi connectivity index (χ0v) is 15.4. The molecule has 0 saturated carbocycles. The summed E-state index contributed by atoms with van der Waals surface area (Å²) in [5.41, 5.74) is 3.58. The number of aliphatic hydroxyl groups excluding tert-OH is 1. The maximum absolute atomic E-state index is 9.70. The van der Waals surface area contributed by atoms with Crippen LogP contribution in [0.15, 0.2) is 84.9 Å². The molecule has 0 bridgehead atoms. The minimum Gasteiger partial charge on any atom is -0.489 e. The fourth-order valence-electron chi connectivity index (χ4n) is 2.99. The van der Waals surface area contributed by atoms with E-state index in [0.717, 1.165) is 22.2 Å². The van der Waals surface area contributed by atoms with E-state index in [4.69, 9.17) is 9.47 Å². The van der Waals surface area contributed by atoms with Crippen LogP contribution in [-0.2, 0) is 19.8 Å². The van der Waals surface area contributed by atoms with Gasteiger partial charge in [-0.25, -0.2) is 4.98 Å². The van der Waals surface area contributed by atoms with Gasteiger partial charge in [0.05, 0.1) is 17.8 Å². The molecule has 0 aliphatic rings. The molecule has 0 fully saturated rings. The smallest absolute Gasteiger partial charge is 0.130 e. The van der Waals surface area contributed by atoms with Gasteiger partial charge in [0.2, 0.25) is 0 Å². The molecule has 28 heavy (non-hydrogen) atoms. The number of fused-ring (bicyclic) bond motifs is 1. The SMILES string of the molecule is OCc1cc(OCc2ccc3ccccc3n2)ccc1OCc1ccccc1. The second kappa shape index (κ2) is 8.55. The lowest BCUT2D eigenvalue weighted by Crippen LogP contribution is -2.01. The average Bonchev–Trinajstić information content (AvgIpc) is 2.77. The summed E-state index contributed by atoms with van der Waals surface area (Å²) in [5, 5.41) is 10.8. The van der Waals surface area contributed by atoms with Crippen LogP contribution < -0.4 is 9.47 Å². The summed E-state index contributed by atoms with van der Waals surface area (Å²) in [5.74, 6) is 1.33. The van der Waals surface area contributed by atoms with Gasteiger partial charge in [0, 0.05) is 10.9 Å². The summed E-state index contributed by atoms with van der Waals surface area (Å²) in [6, 6.07) is 27.4. The molecule has 1 aromatic heterocycles. The molecule has 0 saturated heterocycles. The summed E-state index contributed by atoms with van der Waals surface area (Å²) in [7, 11) is 0. The molecule has 1 heterocycles. The van der Waals surface area contributed by atoms with Crippen molar-refractivity contribution in [3.05, 3.63) is 102 Å². The Kier molecular flexibility index (Phi) is 5.50. The van der Waals surface area contributed by atoms with Crippen molar-refractivity contribution in [1.29, 1.82) is 0 Å². The second-order valence-electron chi connectivity index (χ2n) is 6.49. The number of hydrogen-bond acceptors (Lipinski definition) is 4. The van der Waals surface area contributed by atoms with Crippen LogP contribution in [0.2, 0.25) is 0 Å². The van der Waals surface area contributed by atoms with E-state index < -0.39 is 0 Å². The number of aromatic nitrogens is 1. The lowest BCUT2D eigenvalue weighted by Gasteiger charge is -2.13. The molecule has 0 aliphatic carbocycles. The molecule has 0 unspecified atom stereocenters. The Morgan fingerprint density at radius 1 is 0.750 bits per heavy atom. The molecule has 4 rings (SSSR count). The molecule has 4 nitrogen and oxygen atoms in total. The molecule has 0 aliphatic heterocycles. The van der Waals surface area contributed by atoms with Crippen molar-refractivity contribution in [3.63, 3.8) is 0 Å². The van der Waals surface area contributed by atoms with Gasteiger partial charge in [0.25, 0.3) is 0 Å². The van der Waals surface area contributed by atoms with E-state index in [2.05, 4.69) is 4.98 Å². The van der Waals surface area contributed by atoms with Crippen molar-refractivity contribution < 1.29 is 14.6 Å². The summed E-state index contributed by atoms with van der Waals surface area (Å²) < 4.78 is 11.7. The van der Waals surface area contributed by atoms with Gasteiger partial charge >= 0.3 is 0 Å². The quantitative estimate of drug-likeness (QED) is 0.503. The molecule has 140 valence electrons. The Morgan fingerprint density at radius 2 is 1.57 bits per heavy atom. The molecule has 4 aromatic rings. The zero-order valence-electron chi connectivity index (χ0n) is 15.4. The van der Waals surface area contributed by atoms with Crippen LogP contribution in [0.4, 0.5) is 0 Å². The fourth-order valence-corrected chi connectivity index (χ4v) is 2.99. The maximum atomic E-state index is 9.70. The Bertz CT molecular complexity index is 1060. The third-order valence-corrected chi connectivity index (χ3v) is 4.48. The van der Waals surface area contributed by atoms with Crippen LogP contribution >= 0.6 is 0 Å². The minimum atomic E-state index is -0.116. The van der Waals surface area contributed by atoms with Gasteiger partial charge < -0.3 is 14.6 Å². The Hall–Kier alpha value is -3.37. The van der Waals surface area contributed by atoms with Gasteiger partial charge in [-0.05, 0) is 35.9 Å². The number of para-hydroxylation sites is 1. The van der Waals surface area contributed by atoms with Gasteiger partial charge in [-0.1, -0.05) is 54.6 Å². The standard InChI is InChI=1S/C24H21NO3/c26-15-20-14-22(12-13-24(20)28-16-18-6-2-1-3-7-18)27-17-21-11-10-19-8-4-5-9-23(19)25-21/h1-14,26H,15-17H2. The first-order valence-corrected chi connectivity index (χ1v) is 9.20. The largest absolute Gasteiger partial charge is 0.489 e. The van der Waals surface area contributed by atoms with E-state index in [1.807, 2.05) is 78.9 Å². The van der Waals surface area contributed by atoms with E-state index in [-0.39, 0.29) is 6.61 Å². The number of pyridine rings is 1. The van der Waals surface area contributed by atoms with Crippen LogP contribution in [0.1, 0.15) is 16.8 Å². The monoisotopic (exact) mass is 371 g/mol. The van der Waals surface area contributed by atoms with Crippen molar-refractivity contribution in [2.45, 2.75) is 19.8 Å². The molecular formula is C24H21NO3. The molecular weight excluding hydrogens is 350 g/mol. The van der Waals surface area contributed by atoms with Gasteiger partial charge in [0.15, 0.2) is 0 Å². The van der Waals surface area contributed by atoms with Crippen LogP contribution in [0.3, 0.4) is 0 Å². The third kappa shape index (κ3) is 4.30. The summed E-state index contributed by atoms with van der Waals surface area (Å²) in [4.78, 5) is 4.61. The topological polar surface area (TPSA) is 51.6 Å². The number of nitrogens with zero attached hydrogens (tertiary/aromatic N) is 1. The highest BCUT2D eigenvalue weighted by Crippen LogP contribution is 2.26. The van der Waals surface area contributed by atoms with E-state index in [0.29, 0.717) is 30.3 Å². The number of hydrogen-bond donors (Lipinski definition) is 1.